The van der Waals surface area contributed by atoms with Crippen molar-refractivity contribution >= 4 is 45.2 Å². The number of carboxylic acids is 1. The number of β-amino-alcohol motifs (C(OH)–C–C–N with tert-alkyl or cyclic N) is 1. The maximum atomic E-state index is 13.0. The normalized spacial score (nSPS) is 18.5. The van der Waals surface area contributed by atoms with Crippen LogP contribution in [0.25, 0.3) is 0 Å². The maximum Gasteiger partial charge on any atom is 0.303 e. The summed E-state index contributed by atoms with van der Waals surface area (Å²) in [5.41, 5.74) is 1.32. The predicted molar refractivity (Wildman–Crippen MR) is 160 cm³/mol. The van der Waals surface area contributed by atoms with Crippen molar-refractivity contribution in [2.45, 2.75) is 62.4 Å². The molecule has 1 aliphatic heterocycles. The molecule has 2 aromatic carbocycles. The number of hydrogen-bond donors (Lipinski definition) is 6. The second-order valence-corrected chi connectivity index (χ2v) is 11.8. The van der Waals surface area contributed by atoms with Crippen LogP contribution in [0.5, 0.6) is 5.75 Å². The third kappa shape index (κ3) is 8.08. The number of phenols is 1. The van der Waals surface area contributed by atoms with Crippen molar-refractivity contribution in [3.05, 3.63) is 57.6 Å². The van der Waals surface area contributed by atoms with Crippen LogP contribution in [0.4, 0.5) is 5.69 Å². The molecule has 42 heavy (non-hydrogen) atoms. The number of nitriles is 1. The largest absolute Gasteiger partial charge is 0.508 e. The zero-order valence-electron chi connectivity index (χ0n) is 23.0. The van der Waals surface area contributed by atoms with Gasteiger partial charge in [-0.2, -0.15) is 5.26 Å². The topological polar surface area (TPSA) is 184 Å². The van der Waals surface area contributed by atoms with Crippen LogP contribution >= 0.6 is 15.9 Å². The standard InChI is InChI=1S/C30H34BrN5O6/c31-22-7-18(6-21(12-22)30(17-32)4-2-1-3-5-30)19(11-27(40)41)9-25(38)14-33-28(42)20-8-23(13-24(37)10-20)36-29-34-15-26(39)16-35-29/h6-8,10,12-13,19,26,37,39H,1-5,9,11,14-16H2,(H,33,42)(H,40,41)(H2,34,35,36)/t19-/m0/s1. The van der Waals surface area contributed by atoms with Gasteiger partial charge >= 0.3 is 5.97 Å². The first-order valence-corrected chi connectivity index (χ1v) is 14.7. The number of nitrogens with zero attached hydrogens (tertiary/aromatic N) is 2. The highest BCUT2D eigenvalue weighted by molar-refractivity contribution is 9.10. The third-order valence-electron chi connectivity index (χ3n) is 7.61. The zero-order chi connectivity index (χ0) is 30.3. The number of benzene rings is 2. The monoisotopic (exact) mass is 639 g/mol. The number of carbonyl (C=O) groups is 3. The van der Waals surface area contributed by atoms with Crippen molar-refractivity contribution in [2.24, 2.45) is 4.99 Å². The number of aromatic hydroxyl groups is 1. The Kier molecular flexibility index (Phi) is 10.2. The van der Waals surface area contributed by atoms with Crippen molar-refractivity contribution in [1.29, 1.82) is 5.26 Å². The molecule has 2 aromatic rings. The smallest absolute Gasteiger partial charge is 0.303 e. The van der Waals surface area contributed by atoms with Crippen LogP contribution in [0.3, 0.4) is 0 Å². The summed E-state index contributed by atoms with van der Waals surface area (Å²) in [6.45, 7) is 0.193. The molecular weight excluding hydrogens is 606 g/mol. The van der Waals surface area contributed by atoms with Gasteiger partial charge in [-0.1, -0.05) is 41.3 Å². The number of aliphatic imine (C=N–C) groups is 1. The van der Waals surface area contributed by atoms with E-state index in [1.807, 2.05) is 12.1 Å². The summed E-state index contributed by atoms with van der Waals surface area (Å²) in [5.74, 6) is -2.45. The second kappa shape index (κ2) is 13.8. The highest BCUT2D eigenvalue weighted by Crippen LogP contribution is 2.41. The highest BCUT2D eigenvalue weighted by Gasteiger charge is 2.35. The number of aliphatic hydroxyl groups is 1. The lowest BCUT2D eigenvalue weighted by Crippen LogP contribution is -2.42. The number of phenolic OH excluding ortho intramolecular Hbond substituents is 1. The van der Waals surface area contributed by atoms with Gasteiger partial charge in [0.2, 0.25) is 0 Å². The Balaban J connectivity index is 1.44. The van der Waals surface area contributed by atoms with Gasteiger partial charge in [-0.05, 0) is 48.2 Å². The van der Waals surface area contributed by atoms with E-state index in [0.29, 0.717) is 28.2 Å². The van der Waals surface area contributed by atoms with Gasteiger partial charge in [0.05, 0.1) is 37.1 Å². The first kappa shape index (κ1) is 31.0. The van der Waals surface area contributed by atoms with E-state index in [0.717, 1.165) is 37.7 Å². The minimum Gasteiger partial charge on any atom is -0.508 e. The third-order valence-corrected chi connectivity index (χ3v) is 8.07. The molecule has 2 aliphatic rings. The van der Waals surface area contributed by atoms with Crippen molar-refractivity contribution in [2.75, 3.05) is 25.0 Å². The number of anilines is 1. The van der Waals surface area contributed by atoms with Crippen LogP contribution in [0.2, 0.25) is 0 Å². The number of halogens is 1. The van der Waals surface area contributed by atoms with Gasteiger partial charge in [-0.3, -0.25) is 19.4 Å². The van der Waals surface area contributed by atoms with E-state index in [9.17, 15) is 35.0 Å². The molecule has 1 saturated carbocycles. The number of ketones is 1. The van der Waals surface area contributed by atoms with E-state index >= 15 is 0 Å². The molecule has 2 atom stereocenters. The maximum absolute atomic E-state index is 13.0. The van der Waals surface area contributed by atoms with Gasteiger partial charge in [0, 0.05) is 40.7 Å². The van der Waals surface area contributed by atoms with E-state index in [4.69, 9.17) is 0 Å². The quantitative estimate of drug-likeness (QED) is 0.226. The average molecular weight is 641 g/mol. The molecule has 6 N–H and O–H groups in total. The summed E-state index contributed by atoms with van der Waals surface area (Å²) in [6.07, 6.45) is 3.42. The molecule has 1 heterocycles. The number of guanidine groups is 1. The SMILES string of the molecule is N#CC1(c2cc(Br)cc([C@H](CC(=O)O)CC(=O)CNC(=O)c3cc(O)cc(NC4=NCC(O)CN4)c3)c2)CCCCC1. The fourth-order valence-corrected chi connectivity index (χ4v) is 5.97. The molecule has 4 rings (SSSR count). The summed E-state index contributed by atoms with van der Waals surface area (Å²) >= 11 is 3.51. The van der Waals surface area contributed by atoms with E-state index in [1.54, 1.807) is 6.07 Å². The number of carbonyl (C=O) groups excluding carboxylic acids is 2. The molecule has 0 bridgehead atoms. The van der Waals surface area contributed by atoms with Crippen LogP contribution < -0.4 is 16.0 Å². The number of aliphatic hydroxyl groups excluding tert-OH is 1. The molecule has 0 aromatic heterocycles. The second-order valence-electron chi connectivity index (χ2n) is 10.9. The number of hydrogen-bond acceptors (Lipinski definition) is 9. The Morgan fingerprint density at radius 3 is 2.55 bits per heavy atom. The van der Waals surface area contributed by atoms with Crippen molar-refractivity contribution in [3.63, 3.8) is 0 Å². The lowest BCUT2D eigenvalue weighted by Gasteiger charge is -2.32. The molecule has 0 spiro atoms. The fraction of sp³-hybridized carbons (Fsp3) is 0.433. The van der Waals surface area contributed by atoms with Crippen molar-refractivity contribution in [3.8, 4) is 11.8 Å². The molecule has 1 unspecified atom stereocenters. The fourth-order valence-electron chi connectivity index (χ4n) is 5.46. The first-order valence-electron chi connectivity index (χ1n) is 13.9. The van der Waals surface area contributed by atoms with E-state index in [-0.39, 0.29) is 43.0 Å². The van der Waals surface area contributed by atoms with Gasteiger partial charge in [0.25, 0.3) is 5.91 Å². The molecular formula is C30H34BrN5O6. The minimum atomic E-state index is -1.06. The highest BCUT2D eigenvalue weighted by atomic mass is 79.9. The number of nitrogens with one attached hydrogen (secondary N) is 3. The van der Waals surface area contributed by atoms with Crippen molar-refractivity contribution in [1.82, 2.24) is 10.6 Å². The van der Waals surface area contributed by atoms with E-state index in [1.165, 1.54) is 18.2 Å². The summed E-state index contributed by atoms with van der Waals surface area (Å²) in [7, 11) is 0. The van der Waals surface area contributed by atoms with E-state index in [2.05, 4.69) is 42.9 Å². The van der Waals surface area contributed by atoms with Crippen LogP contribution in [-0.4, -0.2) is 64.7 Å². The zero-order valence-corrected chi connectivity index (χ0v) is 24.6. The molecule has 1 amide bonds. The lowest BCUT2D eigenvalue weighted by atomic mass is 9.70. The number of carboxylic acid groups (broad SMARTS) is 1. The summed E-state index contributed by atoms with van der Waals surface area (Å²) in [4.78, 5) is 41.7. The Morgan fingerprint density at radius 1 is 1.12 bits per heavy atom. The first-order chi connectivity index (χ1) is 20.1. The van der Waals surface area contributed by atoms with Crippen molar-refractivity contribution < 1.29 is 29.7 Å². The average Bonchev–Trinajstić information content (AvgIpc) is 2.96. The summed E-state index contributed by atoms with van der Waals surface area (Å²) < 4.78 is 0.713. The number of amides is 1. The number of aliphatic carboxylic acids is 1. The van der Waals surface area contributed by atoms with Gasteiger partial charge in [0.15, 0.2) is 11.7 Å². The molecule has 222 valence electrons. The molecule has 12 heteroatoms. The molecule has 0 radical (unpaired) electrons. The van der Waals surface area contributed by atoms with Crippen LogP contribution in [-0.2, 0) is 15.0 Å². The van der Waals surface area contributed by atoms with Crippen LogP contribution in [0.1, 0.15) is 72.3 Å². The Labute approximate surface area is 252 Å². The minimum absolute atomic E-state index is 0.106. The summed E-state index contributed by atoms with van der Waals surface area (Å²) in [6, 6.07) is 12.2. The lowest BCUT2D eigenvalue weighted by molar-refractivity contribution is -0.137. The van der Waals surface area contributed by atoms with Gasteiger partial charge in [-0.15, -0.1) is 0 Å². The Morgan fingerprint density at radius 2 is 1.88 bits per heavy atom. The van der Waals surface area contributed by atoms with Crippen LogP contribution in [0, 0.1) is 11.3 Å². The Bertz CT molecular complexity index is 1420. The van der Waals surface area contributed by atoms with E-state index < -0.39 is 29.3 Å². The molecule has 1 fully saturated rings. The van der Waals surface area contributed by atoms with Gasteiger partial charge in [-0.25, -0.2) is 0 Å². The summed E-state index contributed by atoms with van der Waals surface area (Å²) in [5, 5.41) is 47.7. The number of Topliss-reactive ketones (excluding diaryl/α,β-unsaturated/α-hetero) is 1. The molecule has 1 aliphatic carbocycles. The van der Waals surface area contributed by atoms with Crippen LogP contribution in [0.15, 0.2) is 45.9 Å². The molecule has 0 saturated heterocycles. The Hall–Kier alpha value is -3.95. The van der Waals surface area contributed by atoms with Gasteiger partial charge in [0.1, 0.15) is 5.75 Å². The number of rotatable bonds is 10. The molecule has 11 nitrogen and oxygen atoms in total. The predicted octanol–water partition coefficient (Wildman–Crippen LogP) is 3.56. The van der Waals surface area contributed by atoms with Gasteiger partial charge < -0.3 is 31.3 Å².